The van der Waals surface area contributed by atoms with Crippen LogP contribution in [0.5, 0.6) is 0 Å². The molecule has 2 atom stereocenters. The highest BCUT2D eigenvalue weighted by atomic mass is 31.2. The van der Waals surface area contributed by atoms with Crippen LogP contribution in [-0.2, 0) is 23.3 Å². The predicted octanol–water partition coefficient (Wildman–Crippen LogP) is 3.52. The first kappa shape index (κ1) is 21.0. The molecular formula is C14H32NO5P. The Kier molecular flexibility index (Phi) is 10.7. The summed E-state index contributed by atoms with van der Waals surface area (Å²) >= 11 is 0. The minimum atomic E-state index is -2.35. The lowest BCUT2D eigenvalue weighted by Crippen LogP contribution is -2.19. The Labute approximate surface area is 129 Å². The molecule has 0 aliphatic heterocycles. The number of hydrogen-bond acceptors (Lipinski definition) is 6. The van der Waals surface area contributed by atoms with Crippen molar-refractivity contribution in [3.8, 4) is 0 Å². The average molecular weight is 325 g/mol. The first-order valence-electron chi connectivity index (χ1n) is 7.33. The van der Waals surface area contributed by atoms with Crippen LogP contribution < -0.4 is 0 Å². The molecule has 6 nitrogen and oxygen atoms in total. The minimum absolute atomic E-state index is 0.233. The van der Waals surface area contributed by atoms with Crippen molar-refractivity contribution in [3.05, 3.63) is 0 Å². The normalized spacial score (nSPS) is 16.5. The van der Waals surface area contributed by atoms with Gasteiger partial charge in [0.25, 0.3) is 0 Å². The van der Waals surface area contributed by atoms with Crippen LogP contribution in [0.1, 0.15) is 34.6 Å². The molecule has 0 rings (SSSR count). The Morgan fingerprint density at radius 2 is 1.57 bits per heavy atom. The molecule has 0 saturated heterocycles. The Bertz CT molecular complexity index is 317. The summed E-state index contributed by atoms with van der Waals surface area (Å²) in [7, 11) is 0.933. The van der Waals surface area contributed by atoms with Crippen LogP contribution in [0.25, 0.3) is 0 Å². The molecule has 0 heterocycles. The van der Waals surface area contributed by atoms with E-state index in [0.29, 0.717) is 32.6 Å². The van der Waals surface area contributed by atoms with Gasteiger partial charge in [0.2, 0.25) is 7.51 Å². The van der Waals surface area contributed by atoms with Crippen LogP contribution in [0.3, 0.4) is 0 Å². The van der Waals surface area contributed by atoms with Crippen LogP contribution in [0, 0.1) is 0 Å². The standard InChI is InChI=1S/C14H32NO5P/c1-8-21(15-14(3,4)5,19-12-10-17-7)20-13(2)18-11-9-16-6/h13H,8-12H2,1-7H3. The van der Waals surface area contributed by atoms with Gasteiger partial charge >= 0.3 is 0 Å². The number of nitrogens with zero attached hydrogens (tertiary/aromatic N) is 1. The lowest BCUT2D eigenvalue weighted by Gasteiger charge is -2.30. The smallest absolute Gasteiger partial charge is 0.215 e. The van der Waals surface area contributed by atoms with Gasteiger partial charge < -0.3 is 18.7 Å². The molecule has 128 valence electrons. The van der Waals surface area contributed by atoms with Crippen molar-refractivity contribution in [2.45, 2.75) is 46.4 Å². The summed E-state index contributed by atoms with van der Waals surface area (Å²) in [5.41, 5.74) is -0.233. The van der Waals surface area contributed by atoms with Crippen LogP contribution in [0.4, 0.5) is 0 Å². The maximum atomic E-state index is 6.05. The van der Waals surface area contributed by atoms with Gasteiger partial charge in [-0.05, 0) is 27.7 Å². The van der Waals surface area contributed by atoms with Crippen molar-refractivity contribution >= 4 is 7.51 Å². The number of ether oxygens (including phenoxy) is 3. The molecule has 0 aromatic carbocycles. The predicted molar refractivity (Wildman–Crippen MR) is 85.8 cm³/mol. The van der Waals surface area contributed by atoms with Crippen molar-refractivity contribution < 1.29 is 23.3 Å². The molecule has 0 aliphatic rings. The Balaban J connectivity index is 4.88. The van der Waals surface area contributed by atoms with Gasteiger partial charge in [0.1, 0.15) is 0 Å². The molecule has 0 aliphatic carbocycles. The summed E-state index contributed by atoms with van der Waals surface area (Å²) in [6.45, 7) is 12.0. The summed E-state index contributed by atoms with van der Waals surface area (Å²) in [5.74, 6) is 0. The van der Waals surface area contributed by atoms with Crippen molar-refractivity contribution in [3.63, 3.8) is 0 Å². The van der Waals surface area contributed by atoms with E-state index in [1.165, 1.54) is 0 Å². The SMILES string of the molecule is CCP(=NC(C)(C)C)(OCCOC)OC(C)OCCOC. The second-order valence-corrected chi connectivity index (χ2v) is 8.16. The molecule has 0 N–H and O–H groups in total. The van der Waals surface area contributed by atoms with E-state index in [0.717, 1.165) is 0 Å². The van der Waals surface area contributed by atoms with E-state index in [1.807, 2.05) is 34.6 Å². The molecular weight excluding hydrogens is 293 g/mol. The molecule has 2 unspecified atom stereocenters. The van der Waals surface area contributed by atoms with E-state index < -0.39 is 7.51 Å². The topological polar surface area (TPSA) is 58.5 Å². The molecule has 0 fully saturated rings. The van der Waals surface area contributed by atoms with Gasteiger partial charge in [-0.1, -0.05) is 6.92 Å². The van der Waals surface area contributed by atoms with E-state index in [9.17, 15) is 0 Å². The summed E-state index contributed by atoms with van der Waals surface area (Å²) in [4.78, 5) is 0. The largest absolute Gasteiger partial charge is 0.382 e. The van der Waals surface area contributed by atoms with E-state index in [-0.39, 0.29) is 11.8 Å². The van der Waals surface area contributed by atoms with Crippen LogP contribution in [0.2, 0.25) is 0 Å². The van der Waals surface area contributed by atoms with Gasteiger partial charge in [-0.15, -0.1) is 0 Å². The first-order valence-corrected chi connectivity index (χ1v) is 9.09. The summed E-state index contributed by atoms with van der Waals surface area (Å²) < 4.78 is 32.4. The Hall–Kier alpha value is 0.0300. The summed E-state index contributed by atoms with van der Waals surface area (Å²) in [5, 5.41) is 0. The quantitative estimate of drug-likeness (QED) is 0.330. The third-order valence-corrected chi connectivity index (χ3v) is 5.30. The highest BCUT2D eigenvalue weighted by molar-refractivity contribution is 7.56. The van der Waals surface area contributed by atoms with Crippen LogP contribution in [0.15, 0.2) is 4.74 Å². The molecule has 7 heteroatoms. The molecule has 21 heavy (non-hydrogen) atoms. The monoisotopic (exact) mass is 325 g/mol. The van der Waals surface area contributed by atoms with E-state index in [2.05, 4.69) is 0 Å². The van der Waals surface area contributed by atoms with Gasteiger partial charge in [-0.25, -0.2) is 4.74 Å². The zero-order chi connectivity index (χ0) is 16.4. The molecule has 0 aromatic rings. The van der Waals surface area contributed by atoms with Crippen LogP contribution in [-0.4, -0.2) is 58.6 Å². The maximum absolute atomic E-state index is 6.05. The first-order chi connectivity index (χ1) is 9.78. The third-order valence-electron chi connectivity index (χ3n) is 2.39. The second-order valence-electron chi connectivity index (χ2n) is 5.59. The third kappa shape index (κ3) is 10.4. The van der Waals surface area contributed by atoms with Gasteiger partial charge in [0.05, 0.1) is 32.0 Å². The fourth-order valence-corrected chi connectivity index (χ4v) is 4.04. The fraction of sp³-hybridized carbons (Fsp3) is 1.00. The van der Waals surface area contributed by atoms with Crippen molar-refractivity contribution in [1.29, 1.82) is 0 Å². The fourth-order valence-electron chi connectivity index (χ4n) is 1.60. The van der Waals surface area contributed by atoms with E-state index >= 15 is 0 Å². The summed E-state index contributed by atoms with van der Waals surface area (Å²) in [6.07, 6.45) is 0.313. The van der Waals surface area contributed by atoms with Crippen molar-refractivity contribution in [2.75, 3.05) is 46.8 Å². The zero-order valence-electron chi connectivity index (χ0n) is 14.5. The van der Waals surface area contributed by atoms with Crippen LogP contribution >= 0.6 is 7.51 Å². The van der Waals surface area contributed by atoms with E-state index in [4.69, 9.17) is 28.0 Å². The molecule has 0 amide bonds. The molecule has 0 bridgehead atoms. The zero-order valence-corrected chi connectivity index (χ0v) is 15.4. The summed E-state index contributed by atoms with van der Waals surface area (Å²) in [6, 6.07) is 0. The van der Waals surface area contributed by atoms with Gasteiger partial charge in [-0.2, -0.15) is 0 Å². The second kappa shape index (κ2) is 10.7. The van der Waals surface area contributed by atoms with Crippen molar-refractivity contribution in [2.24, 2.45) is 4.74 Å². The van der Waals surface area contributed by atoms with Gasteiger partial charge in [0, 0.05) is 20.4 Å². The Morgan fingerprint density at radius 1 is 1.00 bits per heavy atom. The lowest BCUT2D eigenvalue weighted by molar-refractivity contribution is -0.0827. The molecule has 0 spiro atoms. The maximum Gasteiger partial charge on any atom is 0.215 e. The molecule has 0 radical (unpaired) electrons. The number of methoxy groups -OCH3 is 2. The van der Waals surface area contributed by atoms with Gasteiger partial charge in [0.15, 0.2) is 6.29 Å². The number of rotatable bonds is 11. The Morgan fingerprint density at radius 3 is 2.05 bits per heavy atom. The average Bonchev–Trinajstić information content (AvgIpc) is 2.37. The minimum Gasteiger partial charge on any atom is -0.382 e. The van der Waals surface area contributed by atoms with Gasteiger partial charge in [-0.3, -0.25) is 4.52 Å². The lowest BCUT2D eigenvalue weighted by atomic mass is 10.1. The highest BCUT2D eigenvalue weighted by Crippen LogP contribution is 2.54. The molecule has 0 saturated carbocycles. The number of hydrogen-bond donors (Lipinski definition) is 0. The van der Waals surface area contributed by atoms with Crippen molar-refractivity contribution in [1.82, 2.24) is 0 Å². The van der Waals surface area contributed by atoms with E-state index in [1.54, 1.807) is 14.2 Å². The highest BCUT2D eigenvalue weighted by Gasteiger charge is 2.26. The molecule has 0 aromatic heterocycles.